The monoisotopic (exact) mass is 400 g/mol. The van der Waals surface area contributed by atoms with Crippen molar-refractivity contribution >= 4 is 41.4 Å². The van der Waals surface area contributed by atoms with E-state index in [1.807, 2.05) is 5.32 Å². The summed E-state index contributed by atoms with van der Waals surface area (Å²) in [4.78, 5) is 35.9. The summed E-state index contributed by atoms with van der Waals surface area (Å²) in [5, 5.41) is 2.03. The van der Waals surface area contributed by atoms with E-state index in [1.54, 1.807) is 13.8 Å². The zero-order valence-electron chi connectivity index (χ0n) is 15.4. The van der Waals surface area contributed by atoms with E-state index >= 15 is 0 Å². The van der Waals surface area contributed by atoms with Gasteiger partial charge < -0.3 is 10.5 Å². The second-order valence-electron chi connectivity index (χ2n) is 7.87. The molecule has 1 saturated heterocycles. The maximum absolute atomic E-state index is 12.8. The van der Waals surface area contributed by atoms with Crippen LogP contribution >= 0.6 is 23.5 Å². The fraction of sp³-hybridized carbons (Fsp3) is 0.833. The minimum absolute atomic E-state index is 0.152. The lowest BCUT2D eigenvalue weighted by molar-refractivity contribution is -0.164. The lowest BCUT2D eigenvalue weighted by Gasteiger charge is -2.51. The highest BCUT2D eigenvalue weighted by Crippen LogP contribution is 2.64. The number of imide groups is 1. The molecule has 6 nitrogen and oxygen atoms in total. The number of hydrogen-bond acceptors (Lipinski definition) is 6. The van der Waals surface area contributed by atoms with Gasteiger partial charge in [0.2, 0.25) is 0 Å². The highest BCUT2D eigenvalue weighted by atomic mass is 32.2. The number of hydrogen-bond donors (Lipinski definition) is 2. The van der Waals surface area contributed by atoms with E-state index in [0.717, 1.165) is 12.8 Å². The molecule has 3 rings (SSSR count). The van der Waals surface area contributed by atoms with Gasteiger partial charge in [0.1, 0.15) is 0 Å². The van der Waals surface area contributed by atoms with Crippen LogP contribution in [0.5, 0.6) is 0 Å². The van der Waals surface area contributed by atoms with Crippen LogP contribution in [0.25, 0.3) is 0 Å². The van der Waals surface area contributed by atoms with Crippen LogP contribution in [0.15, 0.2) is 0 Å². The molecule has 0 aromatic rings. The minimum Gasteiger partial charge on any atom is -0.452 e. The van der Waals surface area contributed by atoms with Crippen LogP contribution in [0.4, 0.5) is 4.79 Å². The van der Waals surface area contributed by atoms with Gasteiger partial charge in [-0.1, -0.05) is 20.3 Å². The van der Waals surface area contributed by atoms with Crippen LogP contribution in [-0.4, -0.2) is 39.6 Å². The first-order chi connectivity index (χ1) is 12.3. The van der Waals surface area contributed by atoms with E-state index in [1.165, 1.54) is 30.8 Å². The number of urea groups is 1. The molecule has 0 aromatic carbocycles. The Balaban J connectivity index is 1.66. The number of rotatable bonds is 4. The van der Waals surface area contributed by atoms with Crippen LogP contribution in [0.3, 0.4) is 0 Å². The molecule has 3 aliphatic rings. The first kappa shape index (κ1) is 19.9. The van der Waals surface area contributed by atoms with Gasteiger partial charge in [0, 0.05) is 11.5 Å². The third-order valence-corrected chi connectivity index (χ3v) is 9.82. The smallest absolute Gasteiger partial charge is 0.318 e. The van der Waals surface area contributed by atoms with Crippen LogP contribution in [0.1, 0.15) is 46.0 Å². The van der Waals surface area contributed by atoms with Crippen molar-refractivity contribution in [2.75, 3.05) is 11.5 Å². The summed E-state index contributed by atoms with van der Waals surface area (Å²) in [6.45, 7) is 3.57. The Kier molecular flexibility index (Phi) is 6.11. The Labute approximate surface area is 163 Å². The summed E-state index contributed by atoms with van der Waals surface area (Å²) in [7, 11) is 0. The van der Waals surface area contributed by atoms with Crippen molar-refractivity contribution < 1.29 is 19.1 Å². The molecule has 2 aliphatic carbocycles. The lowest BCUT2D eigenvalue weighted by Crippen LogP contribution is -2.50. The average Bonchev–Trinajstić information content (AvgIpc) is 3.00. The third kappa shape index (κ3) is 3.86. The fourth-order valence-electron chi connectivity index (χ4n) is 4.71. The number of esters is 1. The number of carbonyl (C=O) groups excluding carboxylic acids is 3. The number of nitrogens with two attached hydrogens (primary N) is 1. The summed E-state index contributed by atoms with van der Waals surface area (Å²) in [6.07, 6.45) is 4.30. The molecule has 2 bridgehead atoms. The highest BCUT2D eigenvalue weighted by molar-refractivity contribution is 8.21. The van der Waals surface area contributed by atoms with Crippen molar-refractivity contribution in [1.29, 1.82) is 0 Å². The van der Waals surface area contributed by atoms with E-state index in [2.05, 4.69) is 23.5 Å². The summed E-state index contributed by atoms with van der Waals surface area (Å²) < 4.78 is 5.86. The van der Waals surface area contributed by atoms with Crippen molar-refractivity contribution in [3.63, 3.8) is 0 Å². The number of thioether (sulfide) groups is 2. The molecule has 1 unspecified atom stereocenters. The molecule has 2 saturated carbocycles. The molecule has 3 fully saturated rings. The van der Waals surface area contributed by atoms with Crippen LogP contribution in [-0.2, 0) is 14.3 Å². The predicted molar refractivity (Wildman–Crippen MR) is 104 cm³/mol. The Morgan fingerprint density at radius 1 is 1.12 bits per heavy atom. The molecule has 1 spiro atoms. The standard InChI is InChI=1S/C18H28N2O4S2/c1-10(2)14(15(21)20-17(19)23)24-16(22)11-8-12-4-3-5-13(9-11)18(12)25-6-7-26-18/h10-14H,3-9H2,1-2H3,(H3,19,20,21,23)/t11?,12-,13+,14-/m0/s1. The first-order valence-corrected chi connectivity index (χ1v) is 11.4. The molecule has 4 atom stereocenters. The van der Waals surface area contributed by atoms with Crippen LogP contribution < -0.4 is 11.1 Å². The van der Waals surface area contributed by atoms with Crippen LogP contribution in [0, 0.1) is 23.7 Å². The Morgan fingerprint density at radius 3 is 2.19 bits per heavy atom. The minimum atomic E-state index is -0.985. The normalized spacial score (nSPS) is 30.8. The quantitative estimate of drug-likeness (QED) is 0.704. The van der Waals surface area contributed by atoms with E-state index < -0.39 is 18.0 Å². The highest BCUT2D eigenvalue weighted by Gasteiger charge is 2.55. The maximum Gasteiger partial charge on any atom is 0.318 e. The second-order valence-corrected chi connectivity index (χ2v) is 10.9. The summed E-state index contributed by atoms with van der Waals surface area (Å²) in [5.41, 5.74) is 5.02. The Bertz CT molecular complexity index is 562. The molecule has 8 heteroatoms. The van der Waals surface area contributed by atoms with Crippen molar-refractivity contribution in [2.24, 2.45) is 29.4 Å². The maximum atomic E-state index is 12.8. The summed E-state index contributed by atoms with van der Waals surface area (Å²) >= 11 is 4.19. The van der Waals surface area contributed by atoms with Gasteiger partial charge in [-0.25, -0.2) is 4.79 Å². The molecule has 146 valence electrons. The van der Waals surface area contributed by atoms with Crippen molar-refractivity contribution in [2.45, 2.75) is 56.1 Å². The number of primary amides is 1. The van der Waals surface area contributed by atoms with Gasteiger partial charge in [0.15, 0.2) is 6.10 Å². The number of carbonyl (C=O) groups is 3. The third-order valence-electron chi connectivity index (χ3n) is 5.81. The molecule has 0 aromatic heterocycles. The number of ether oxygens (including phenoxy) is 1. The lowest BCUT2D eigenvalue weighted by atomic mass is 9.67. The largest absolute Gasteiger partial charge is 0.452 e. The number of nitrogens with one attached hydrogen (secondary N) is 1. The van der Waals surface area contributed by atoms with E-state index in [0.29, 0.717) is 15.9 Å². The molecule has 3 amide bonds. The number of amides is 3. The van der Waals surface area contributed by atoms with Gasteiger partial charge in [-0.05, 0) is 43.4 Å². The van der Waals surface area contributed by atoms with Gasteiger partial charge in [-0.15, -0.1) is 23.5 Å². The SMILES string of the molecule is CC(C)[C@H](OC(=O)C1C[C@H]2CCC[C@@H](C1)C21SCCS1)C(=O)NC(N)=O. The predicted octanol–water partition coefficient (Wildman–Crippen LogP) is 2.75. The van der Waals surface area contributed by atoms with Gasteiger partial charge >= 0.3 is 12.0 Å². The summed E-state index contributed by atoms with van der Waals surface area (Å²) in [5.74, 6) is 2.17. The molecular formula is C18H28N2O4S2. The Morgan fingerprint density at radius 2 is 1.69 bits per heavy atom. The zero-order valence-corrected chi connectivity index (χ0v) is 17.0. The van der Waals surface area contributed by atoms with Gasteiger partial charge in [-0.2, -0.15) is 0 Å². The average molecular weight is 401 g/mol. The van der Waals surface area contributed by atoms with Gasteiger partial charge in [0.05, 0.1) is 10.00 Å². The molecule has 0 radical (unpaired) electrons. The van der Waals surface area contributed by atoms with E-state index in [9.17, 15) is 14.4 Å². The fourth-order valence-corrected chi connectivity index (χ4v) is 8.65. The van der Waals surface area contributed by atoms with Crippen molar-refractivity contribution in [1.82, 2.24) is 5.32 Å². The topological polar surface area (TPSA) is 98.5 Å². The molecule has 1 heterocycles. The van der Waals surface area contributed by atoms with Gasteiger partial charge in [0.25, 0.3) is 5.91 Å². The second kappa shape index (κ2) is 8.00. The molecule has 1 aliphatic heterocycles. The summed E-state index contributed by atoms with van der Waals surface area (Å²) in [6, 6.07) is -0.930. The van der Waals surface area contributed by atoms with Gasteiger partial charge in [-0.3, -0.25) is 14.9 Å². The van der Waals surface area contributed by atoms with E-state index in [-0.39, 0.29) is 17.8 Å². The zero-order chi connectivity index (χ0) is 18.9. The Hall–Kier alpha value is -0.890. The van der Waals surface area contributed by atoms with Crippen LogP contribution in [0.2, 0.25) is 0 Å². The molecule has 26 heavy (non-hydrogen) atoms. The van der Waals surface area contributed by atoms with Crippen molar-refractivity contribution in [3.8, 4) is 0 Å². The molecular weight excluding hydrogens is 372 g/mol. The first-order valence-electron chi connectivity index (χ1n) is 9.42. The molecule has 3 N–H and O–H groups in total. The van der Waals surface area contributed by atoms with E-state index in [4.69, 9.17) is 10.5 Å². The van der Waals surface area contributed by atoms with Crippen molar-refractivity contribution in [3.05, 3.63) is 0 Å².